The lowest BCUT2D eigenvalue weighted by Crippen LogP contribution is -2.39. The summed E-state index contributed by atoms with van der Waals surface area (Å²) in [6.07, 6.45) is 0. The van der Waals surface area contributed by atoms with Gasteiger partial charge in [-0.15, -0.1) is 0 Å². The van der Waals surface area contributed by atoms with Crippen molar-refractivity contribution >= 4 is 38.9 Å². The van der Waals surface area contributed by atoms with Crippen molar-refractivity contribution in [3.63, 3.8) is 0 Å². The second kappa shape index (κ2) is 7.05. The number of nitrogens with zero attached hydrogens (tertiary/aromatic N) is 1. The third kappa shape index (κ3) is 4.36. The van der Waals surface area contributed by atoms with Crippen LogP contribution in [-0.2, 0) is 20.6 Å². The highest BCUT2D eigenvalue weighted by atomic mass is 35.5. The van der Waals surface area contributed by atoms with E-state index in [1.54, 1.807) is 49.5 Å². The molecule has 1 aliphatic rings. The van der Waals surface area contributed by atoms with Gasteiger partial charge in [0.25, 0.3) is 0 Å². The number of amides is 1. The molecule has 6 nitrogen and oxygen atoms in total. The minimum atomic E-state index is -3.63. The molecule has 0 radical (unpaired) electrons. The molecule has 2 aromatic carbocycles. The second-order valence-corrected chi connectivity index (χ2v) is 9.37. The molecule has 1 N–H and O–H groups in total. The van der Waals surface area contributed by atoms with Gasteiger partial charge in [-0.1, -0.05) is 23.7 Å². The highest BCUT2D eigenvalue weighted by molar-refractivity contribution is 7.91. The molecule has 0 saturated heterocycles. The Kier molecular flexibility index (Phi) is 5.10. The molecule has 8 heteroatoms. The van der Waals surface area contributed by atoms with Gasteiger partial charge in [-0.05, 0) is 49.7 Å². The molecule has 0 saturated carbocycles. The zero-order valence-electron chi connectivity index (χ0n) is 15.3. The average molecular weight is 409 g/mol. The van der Waals surface area contributed by atoms with E-state index in [0.717, 1.165) is 0 Å². The fourth-order valence-electron chi connectivity index (χ4n) is 2.86. The first-order chi connectivity index (χ1) is 12.6. The molecule has 0 atom stereocenters. The van der Waals surface area contributed by atoms with E-state index in [4.69, 9.17) is 16.3 Å². The van der Waals surface area contributed by atoms with E-state index in [9.17, 15) is 13.2 Å². The van der Waals surface area contributed by atoms with Crippen LogP contribution in [0.3, 0.4) is 0 Å². The van der Waals surface area contributed by atoms with Crippen molar-refractivity contribution < 1.29 is 17.9 Å². The van der Waals surface area contributed by atoms with Crippen molar-refractivity contribution in [1.82, 2.24) is 0 Å². The van der Waals surface area contributed by atoms with Gasteiger partial charge < -0.3 is 9.64 Å². The van der Waals surface area contributed by atoms with Crippen molar-refractivity contribution in [2.75, 3.05) is 23.3 Å². The Hall–Kier alpha value is -2.25. The lowest BCUT2D eigenvalue weighted by molar-refractivity contribution is -0.127. The lowest BCUT2D eigenvalue weighted by atomic mass is 9.93. The number of anilines is 2. The first-order valence-electron chi connectivity index (χ1n) is 8.37. The monoisotopic (exact) mass is 408 g/mol. The third-order valence-corrected chi connectivity index (χ3v) is 5.85. The second-order valence-electron chi connectivity index (χ2n) is 7.21. The topological polar surface area (TPSA) is 75.7 Å². The van der Waals surface area contributed by atoms with E-state index < -0.39 is 15.4 Å². The first-order valence-corrected chi connectivity index (χ1v) is 10.4. The summed E-state index contributed by atoms with van der Waals surface area (Å²) in [4.78, 5) is 14.1. The van der Waals surface area contributed by atoms with Crippen LogP contribution in [0.5, 0.6) is 5.75 Å². The Labute approximate surface area is 164 Å². The van der Waals surface area contributed by atoms with Crippen LogP contribution in [0.2, 0.25) is 5.02 Å². The van der Waals surface area contributed by atoms with Crippen molar-refractivity contribution in [2.45, 2.75) is 19.6 Å². The SMILES string of the molecule is CN1C(=O)C(C)(C)COc2ccc(NS(=O)(=O)Cc3ccc(Cl)cc3)cc21. The Bertz CT molecular complexity index is 972. The Morgan fingerprint density at radius 2 is 1.85 bits per heavy atom. The Balaban J connectivity index is 1.84. The van der Waals surface area contributed by atoms with E-state index >= 15 is 0 Å². The van der Waals surface area contributed by atoms with Crippen molar-refractivity contribution in [2.24, 2.45) is 5.41 Å². The van der Waals surface area contributed by atoms with Crippen LogP contribution in [0, 0.1) is 5.41 Å². The van der Waals surface area contributed by atoms with Gasteiger partial charge in [-0.2, -0.15) is 0 Å². The van der Waals surface area contributed by atoms with Gasteiger partial charge in [-0.25, -0.2) is 8.42 Å². The zero-order chi connectivity index (χ0) is 19.8. The lowest BCUT2D eigenvalue weighted by Gasteiger charge is -2.24. The summed E-state index contributed by atoms with van der Waals surface area (Å²) < 4.78 is 33.3. The molecule has 0 aromatic heterocycles. The number of carbonyl (C=O) groups is 1. The van der Waals surface area contributed by atoms with E-state index in [1.165, 1.54) is 4.90 Å². The Morgan fingerprint density at radius 1 is 1.19 bits per heavy atom. The molecule has 1 heterocycles. The molecule has 0 fully saturated rings. The molecule has 0 bridgehead atoms. The molecule has 144 valence electrons. The van der Waals surface area contributed by atoms with Gasteiger partial charge in [0.2, 0.25) is 15.9 Å². The molecule has 27 heavy (non-hydrogen) atoms. The van der Waals surface area contributed by atoms with Crippen molar-refractivity contribution in [1.29, 1.82) is 0 Å². The van der Waals surface area contributed by atoms with E-state index in [-0.39, 0.29) is 18.3 Å². The highest BCUT2D eigenvalue weighted by Crippen LogP contribution is 2.37. The van der Waals surface area contributed by atoms with Crippen LogP contribution in [0.15, 0.2) is 42.5 Å². The number of rotatable bonds is 4. The predicted molar refractivity (Wildman–Crippen MR) is 107 cm³/mol. The molecule has 0 unspecified atom stereocenters. The number of carbonyl (C=O) groups excluding carboxylic acids is 1. The number of nitrogens with one attached hydrogen (secondary N) is 1. The number of sulfonamides is 1. The summed E-state index contributed by atoms with van der Waals surface area (Å²) in [7, 11) is -1.97. The molecule has 1 aliphatic heterocycles. The standard InChI is InChI=1S/C19H21ClN2O4S/c1-19(2)12-26-17-9-8-15(10-16(17)22(3)18(19)23)21-27(24,25)11-13-4-6-14(20)7-5-13/h4-10,21H,11-12H2,1-3H3. The molecule has 0 aliphatic carbocycles. The number of hydrogen-bond donors (Lipinski definition) is 1. The van der Waals surface area contributed by atoms with E-state index in [2.05, 4.69) is 4.72 Å². The minimum Gasteiger partial charge on any atom is -0.490 e. The molecule has 2 aromatic rings. The van der Waals surface area contributed by atoms with Gasteiger partial charge in [-0.3, -0.25) is 9.52 Å². The van der Waals surface area contributed by atoms with Gasteiger partial charge in [0, 0.05) is 12.1 Å². The fraction of sp³-hybridized carbons (Fsp3) is 0.316. The highest BCUT2D eigenvalue weighted by Gasteiger charge is 2.36. The number of hydrogen-bond acceptors (Lipinski definition) is 4. The molecular weight excluding hydrogens is 388 g/mol. The van der Waals surface area contributed by atoms with Crippen molar-refractivity contribution in [3.05, 3.63) is 53.1 Å². The van der Waals surface area contributed by atoms with Crippen LogP contribution in [-0.4, -0.2) is 28.0 Å². The van der Waals surface area contributed by atoms with E-state index in [0.29, 0.717) is 27.7 Å². The van der Waals surface area contributed by atoms with E-state index in [1.807, 2.05) is 13.8 Å². The minimum absolute atomic E-state index is 0.0950. The van der Waals surface area contributed by atoms with Crippen LogP contribution in [0.1, 0.15) is 19.4 Å². The van der Waals surface area contributed by atoms with Crippen LogP contribution in [0.4, 0.5) is 11.4 Å². The zero-order valence-corrected chi connectivity index (χ0v) is 16.9. The number of fused-ring (bicyclic) bond motifs is 1. The van der Waals surface area contributed by atoms with Crippen molar-refractivity contribution in [3.8, 4) is 5.75 Å². The maximum absolute atomic E-state index is 12.6. The predicted octanol–water partition coefficient (Wildman–Crippen LogP) is 3.66. The maximum atomic E-state index is 12.6. The summed E-state index contributed by atoms with van der Waals surface area (Å²) in [6, 6.07) is 11.5. The molecule has 3 rings (SSSR count). The maximum Gasteiger partial charge on any atom is 0.236 e. The molecular formula is C19H21ClN2O4S. The number of halogens is 1. The summed E-state index contributed by atoms with van der Waals surface area (Å²) in [6.45, 7) is 3.88. The number of benzene rings is 2. The summed E-state index contributed by atoms with van der Waals surface area (Å²) in [5.74, 6) is 0.263. The van der Waals surface area contributed by atoms with Gasteiger partial charge in [0.1, 0.15) is 12.4 Å². The first kappa shape index (κ1) is 19.5. The van der Waals surface area contributed by atoms with Gasteiger partial charge >= 0.3 is 0 Å². The summed E-state index contributed by atoms with van der Waals surface area (Å²) in [5.41, 5.74) is 0.851. The van der Waals surface area contributed by atoms with Crippen LogP contribution >= 0.6 is 11.6 Å². The van der Waals surface area contributed by atoms with Gasteiger partial charge in [0.15, 0.2) is 0 Å². The fourth-order valence-corrected chi connectivity index (χ4v) is 4.18. The number of ether oxygens (including phenoxy) is 1. The summed E-state index contributed by atoms with van der Waals surface area (Å²) in [5, 5.41) is 0.547. The molecule has 0 spiro atoms. The van der Waals surface area contributed by atoms with Gasteiger partial charge in [0.05, 0.1) is 22.5 Å². The van der Waals surface area contributed by atoms with Crippen LogP contribution in [0.25, 0.3) is 0 Å². The largest absolute Gasteiger partial charge is 0.490 e. The smallest absolute Gasteiger partial charge is 0.236 e. The van der Waals surface area contributed by atoms with Crippen LogP contribution < -0.4 is 14.4 Å². The quantitative estimate of drug-likeness (QED) is 0.837. The summed E-state index contributed by atoms with van der Waals surface area (Å²) >= 11 is 5.83. The average Bonchev–Trinajstić information content (AvgIpc) is 2.67. The Morgan fingerprint density at radius 3 is 2.52 bits per heavy atom. The molecule has 1 amide bonds. The third-order valence-electron chi connectivity index (χ3n) is 4.34. The normalized spacial score (nSPS) is 16.3.